The normalized spacial score (nSPS) is 11.0. The Hall–Kier alpha value is -2.88. The molecule has 2 aromatic carbocycles. The number of aromatic nitrogens is 1. The number of aryl methyl sites for hydroxylation is 1. The van der Waals surface area contributed by atoms with Crippen molar-refractivity contribution in [3.8, 4) is 0 Å². The zero-order chi connectivity index (χ0) is 20.6. The molecule has 3 aromatic rings. The summed E-state index contributed by atoms with van der Waals surface area (Å²) in [7, 11) is 0. The predicted molar refractivity (Wildman–Crippen MR) is 115 cm³/mol. The van der Waals surface area contributed by atoms with Crippen molar-refractivity contribution in [2.24, 2.45) is 5.92 Å². The van der Waals surface area contributed by atoms with Crippen LogP contribution >= 0.6 is 0 Å². The quantitative estimate of drug-likeness (QED) is 0.485. The Morgan fingerprint density at radius 3 is 2.48 bits per heavy atom. The van der Waals surface area contributed by atoms with Gasteiger partial charge in [-0.05, 0) is 47.7 Å². The van der Waals surface area contributed by atoms with Crippen LogP contribution in [0.3, 0.4) is 0 Å². The lowest BCUT2D eigenvalue weighted by molar-refractivity contribution is -0.132. The van der Waals surface area contributed by atoms with Gasteiger partial charge in [-0.25, -0.2) is 4.39 Å². The number of carbonyl (C=O) groups excluding carboxylic acids is 1. The minimum atomic E-state index is -0.228. The van der Waals surface area contributed by atoms with Crippen molar-refractivity contribution in [1.82, 2.24) is 9.47 Å². The van der Waals surface area contributed by atoms with Crippen molar-refractivity contribution in [1.29, 1.82) is 0 Å². The monoisotopic (exact) mass is 392 g/mol. The first-order valence-corrected chi connectivity index (χ1v) is 10.2. The Labute approximate surface area is 172 Å². The van der Waals surface area contributed by atoms with Gasteiger partial charge in [0.05, 0.1) is 6.54 Å². The van der Waals surface area contributed by atoms with E-state index in [1.807, 2.05) is 47.5 Å². The number of nitrogens with zero attached hydrogens (tertiary/aromatic N) is 2. The maximum Gasteiger partial charge on any atom is 0.223 e. The standard InChI is InChI=1S/C25H29FN2O/c1-20(2)17-28(25(29)14-13-21-8-4-3-5-9-21)19-24-12-7-15-27(24)18-22-10-6-11-23(26)16-22/h3-12,15-16,20H,13-14,17-19H2,1-2H3. The van der Waals surface area contributed by atoms with Crippen LogP contribution in [0, 0.1) is 11.7 Å². The zero-order valence-corrected chi connectivity index (χ0v) is 17.2. The van der Waals surface area contributed by atoms with Gasteiger partial charge < -0.3 is 9.47 Å². The Bertz CT molecular complexity index is 917. The van der Waals surface area contributed by atoms with Gasteiger partial charge in [-0.3, -0.25) is 4.79 Å². The highest BCUT2D eigenvalue weighted by Gasteiger charge is 2.17. The maximum absolute atomic E-state index is 13.5. The minimum absolute atomic E-state index is 0.168. The van der Waals surface area contributed by atoms with Crippen LogP contribution in [0.25, 0.3) is 0 Å². The molecular formula is C25H29FN2O. The molecule has 0 N–H and O–H groups in total. The number of carbonyl (C=O) groups is 1. The third-order valence-corrected chi connectivity index (χ3v) is 4.93. The van der Waals surface area contributed by atoms with Crippen LogP contribution in [0.5, 0.6) is 0 Å². The molecule has 0 fully saturated rings. The minimum Gasteiger partial charge on any atom is -0.345 e. The molecule has 0 unspecified atom stereocenters. The second-order valence-corrected chi connectivity index (χ2v) is 7.91. The van der Waals surface area contributed by atoms with E-state index in [1.165, 1.54) is 11.6 Å². The lowest BCUT2D eigenvalue weighted by Gasteiger charge is -2.25. The summed E-state index contributed by atoms with van der Waals surface area (Å²) < 4.78 is 15.6. The largest absolute Gasteiger partial charge is 0.345 e. The number of rotatable bonds is 9. The molecule has 1 aromatic heterocycles. The summed E-state index contributed by atoms with van der Waals surface area (Å²) in [5, 5.41) is 0. The molecule has 3 nitrogen and oxygen atoms in total. The van der Waals surface area contributed by atoms with Crippen molar-refractivity contribution < 1.29 is 9.18 Å². The summed E-state index contributed by atoms with van der Waals surface area (Å²) in [5.74, 6) is 0.331. The smallest absolute Gasteiger partial charge is 0.223 e. The summed E-state index contributed by atoms with van der Waals surface area (Å²) in [6.45, 7) is 6.13. The van der Waals surface area contributed by atoms with E-state index in [-0.39, 0.29) is 11.7 Å². The highest BCUT2D eigenvalue weighted by atomic mass is 19.1. The second kappa shape index (κ2) is 10.1. The van der Waals surface area contributed by atoms with Crippen molar-refractivity contribution in [3.05, 3.63) is 95.6 Å². The Morgan fingerprint density at radius 1 is 1.00 bits per heavy atom. The molecule has 152 valence electrons. The first-order valence-electron chi connectivity index (χ1n) is 10.2. The molecule has 0 aliphatic rings. The van der Waals surface area contributed by atoms with Gasteiger partial charge in [0.15, 0.2) is 0 Å². The van der Waals surface area contributed by atoms with E-state index in [4.69, 9.17) is 0 Å². The lowest BCUT2D eigenvalue weighted by Crippen LogP contribution is -2.34. The fraction of sp³-hybridized carbons (Fsp3) is 0.320. The topological polar surface area (TPSA) is 25.2 Å². The number of hydrogen-bond donors (Lipinski definition) is 0. The van der Waals surface area contributed by atoms with Gasteiger partial charge >= 0.3 is 0 Å². The SMILES string of the molecule is CC(C)CN(Cc1cccn1Cc1cccc(F)c1)C(=O)CCc1ccccc1. The molecule has 1 amide bonds. The molecule has 1 heterocycles. The summed E-state index contributed by atoms with van der Waals surface area (Å²) in [6, 6.07) is 20.8. The van der Waals surface area contributed by atoms with Crippen LogP contribution in [0.15, 0.2) is 72.9 Å². The predicted octanol–water partition coefficient (Wildman–Crippen LogP) is 5.29. The Morgan fingerprint density at radius 2 is 1.76 bits per heavy atom. The van der Waals surface area contributed by atoms with Crippen LogP contribution in [-0.4, -0.2) is 21.9 Å². The summed E-state index contributed by atoms with van der Waals surface area (Å²) >= 11 is 0. The van der Waals surface area contributed by atoms with Gasteiger partial charge in [-0.1, -0.05) is 56.3 Å². The van der Waals surface area contributed by atoms with Crippen LogP contribution in [0.1, 0.15) is 37.1 Å². The molecule has 3 rings (SSSR count). The van der Waals surface area contributed by atoms with Crippen molar-refractivity contribution in [2.45, 2.75) is 39.8 Å². The molecule has 29 heavy (non-hydrogen) atoms. The van der Waals surface area contributed by atoms with E-state index >= 15 is 0 Å². The van der Waals surface area contributed by atoms with Gasteiger partial charge in [-0.2, -0.15) is 0 Å². The Kier molecular flexibility index (Phi) is 7.23. The van der Waals surface area contributed by atoms with E-state index in [9.17, 15) is 9.18 Å². The average molecular weight is 393 g/mol. The summed E-state index contributed by atoms with van der Waals surface area (Å²) in [5.41, 5.74) is 3.15. The number of amides is 1. The second-order valence-electron chi connectivity index (χ2n) is 7.91. The van der Waals surface area contributed by atoms with Crippen LogP contribution in [0.4, 0.5) is 4.39 Å². The number of benzene rings is 2. The molecule has 0 atom stereocenters. The highest BCUT2D eigenvalue weighted by Crippen LogP contribution is 2.15. The van der Waals surface area contributed by atoms with E-state index in [2.05, 4.69) is 30.5 Å². The fourth-order valence-corrected chi connectivity index (χ4v) is 3.52. The maximum atomic E-state index is 13.5. The number of hydrogen-bond acceptors (Lipinski definition) is 1. The molecule has 0 radical (unpaired) electrons. The third kappa shape index (κ3) is 6.31. The van der Waals surface area contributed by atoms with E-state index in [1.54, 1.807) is 12.1 Å². The van der Waals surface area contributed by atoms with E-state index < -0.39 is 0 Å². The van der Waals surface area contributed by atoms with Crippen LogP contribution < -0.4 is 0 Å². The average Bonchev–Trinajstić information content (AvgIpc) is 3.12. The lowest BCUT2D eigenvalue weighted by atomic mass is 10.1. The van der Waals surface area contributed by atoms with Crippen molar-refractivity contribution in [2.75, 3.05) is 6.54 Å². The fourth-order valence-electron chi connectivity index (χ4n) is 3.52. The van der Waals surface area contributed by atoms with Crippen molar-refractivity contribution in [3.63, 3.8) is 0 Å². The molecule has 0 aliphatic heterocycles. The highest BCUT2D eigenvalue weighted by molar-refractivity contribution is 5.76. The zero-order valence-electron chi connectivity index (χ0n) is 17.2. The first kappa shape index (κ1) is 20.8. The number of halogens is 1. The molecule has 0 saturated carbocycles. The molecule has 0 saturated heterocycles. The van der Waals surface area contributed by atoms with Gasteiger partial charge in [0.2, 0.25) is 5.91 Å². The third-order valence-electron chi connectivity index (χ3n) is 4.93. The van der Waals surface area contributed by atoms with Gasteiger partial charge in [-0.15, -0.1) is 0 Å². The van der Waals surface area contributed by atoms with Crippen LogP contribution in [0.2, 0.25) is 0 Å². The van der Waals surface area contributed by atoms with Crippen LogP contribution in [-0.2, 0) is 24.3 Å². The van der Waals surface area contributed by atoms with Gasteiger partial charge in [0.1, 0.15) is 5.82 Å². The Balaban J connectivity index is 1.68. The molecule has 0 spiro atoms. The molecular weight excluding hydrogens is 363 g/mol. The molecule has 0 aliphatic carbocycles. The van der Waals surface area contributed by atoms with Gasteiger partial charge in [0, 0.05) is 31.4 Å². The van der Waals surface area contributed by atoms with Gasteiger partial charge in [0.25, 0.3) is 0 Å². The summed E-state index contributed by atoms with van der Waals surface area (Å²) in [4.78, 5) is 14.9. The van der Waals surface area contributed by atoms with E-state index in [0.29, 0.717) is 25.4 Å². The molecule has 0 bridgehead atoms. The van der Waals surface area contributed by atoms with Crippen molar-refractivity contribution >= 4 is 5.91 Å². The van der Waals surface area contributed by atoms with E-state index in [0.717, 1.165) is 24.2 Å². The molecule has 4 heteroatoms. The summed E-state index contributed by atoms with van der Waals surface area (Å²) in [6.07, 6.45) is 3.24. The first-order chi connectivity index (χ1) is 14.0.